The first-order valence-corrected chi connectivity index (χ1v) is 6.95. The van der Waals surface area contributed by atoms with Gasteiger partial charge in [0.25, 0.3) is 0 Å². The maximum atomic E-state index is 14.6. The Bertz CT molecular complexity index is 673. The van der Waals surface area contributed by atoms with E-state index in [0.29, 0.717) is 5.56 Å². The Morgan fingerprint density at radius 2 is 2.05 bits per heavy atom. The Hall–Kier alpha value is -2.01. The van der Waals surface area contributed by atoms with E-state index in [2.05, 4.69) is 10.2 Å². The number of nitrogens with two attached hydrogens (primary N) is 1. The minimum Gasteiger partial charge on any atom is -0.382 e. The lowest BCUT2D eigenvalue weighted by atomic mass is 9.94. The molecule has 0 spiro atoms. The van der Waals surface area contributed by atoms with Crippen LogP contribution in [0, 0.1) is 5.82 Å². The van der Waals surface area contributed by atoms with E-state index in [1.54, 1.807) is 6.07 Å². The summed E-state index contributed by atoms with van der Waals surface area (Å²) in [5.74, 6) is -1.02. The van der Waals surface area contributed by atoms with Gasteiger partial charge >= 0.3 is 0 Å². The topological polar surface area (TPSA) is 68.9 Å². The van der Waals surface area contributed by atoms with Crippen LogP contribution in [0.25, 0.3) is 0 Å². The number of aromatic nitrogens is 2. The van der Waals surface area contributed by atoms with Crippen LogP contribution < -0.4 is 5.73 Å². The van der Waals surface area contributed by atoms with Gasteiger partial charge in [0, 0.05) is 0 Å². The van der Waals surface area contributed by atoms with Gasteiger partial charge in [-0.1, -0.05) is 31.5 Å². The highest BCUT2D eigenvalue weighted by Crippen LogP contribution is 2.30. The van der Waals surface area contributed by atoms with Gasteiger partial charge < -0.3 is 5.73 Å². The van der Waals surface area contributed by atoms with E-state index >= 15 is 0 Å². The van der Waals surface area contributed by atoms with Crippen LogP contribution in [0.5, 0.6) is 0 Å². The molecule has 0 fully saturated rings. The van der Waals surface area contributed by atoms with Crippen LogP contribution >= 0.6 is 11.6 Å². The molecule has 4 nitrogen and oxygen atoms in total. The quantitative estimate of drug-likeness (QED) is 0.876. The Balaban J connectivity index is 2.52. The number of hydrogen-bond donors (Lipinski definition) is 1. The predicted octanol–water partition coefficient (Wildman–Crippen LogP) is 3.60. The van der Waals surface area contributed by atoms with E-state index < -0.39 is 11.6 Å². The van der Waals surface area contributed by atoms with Gasteiger partial charge in [-0.3, -0.25) is 4.79 Å². The molecule has 0 saturated heterocycles. The summed E-state index contributed by atoms with van der Waals surface area (Å²) in [5.41, 5.74) is 5.72. The molecule has 2 rings (SSSR count). The van der Waals surface area contributed by atoms with E-state index in [1.807, 2.05) is 13.8 Å². The summed E-state index contributed by atoms with van der Waals surface area (Å²) in [7, 11) is 0. The summed E-state index contributed by atoms with van der Waals surface area (Å²) < 4.78 is 14.6. The first kappa shape index (κ1) is 15.4. The zero-order valence-electron chi connectivity index (χ0n) is 11.7. The number of nitrogen functional groups attached to an aromatic ring is 1. The molecular weight excluding hydrogens is 293 g/mol. The molecule has 1 heterocycles. The van der Waals surface area contributed by atoms with Gasteiger partial charge in [0.05, 0.1) is 10.6 Å². The molecule has 0 bridgehead atoms. The first-order valence-electron chi connectivity index (χ1n) is 6.57. The van der Waals surface area contributed by atoms with Crippen molar-refractivity contribution in [2.45, 2.75) is 26.2 Å². The molecular formula is C15H15ClFN3O. The maximum Gasteiger partial charge on any atom is 0.217 e. The predicted molar refractivity (Wildman–Crippen MR) is 80.0 cm³/mol. The van der Waals surface area contributed by atoms with Crippen molar-refractivity contribution in [1.29, 1.82) is 0 Å². The Morgan fingerprint density at radius 1 is 1.33 bits per heavy atom. The molecule has 0 aliphatic rings. The lowest BCUT2D eigenvalue weighted by Gasteiger charge is -2.13. The molecule has 1 aromatic heterocycles. The molecule has 0 saturated carbocycles. The van der Waals surface area contributed by atoms with Crippen LogP contribution in [0.15, 0.2) is 24.3 Å². The number of carbonyl (C=O) groups excluding carboxylic acids is 1. The fourth-order valence-corrected chi connectivity index (χ4v) is 2.20. The highest BCUT2D eigenvalue weighted by atomic mass is 35.5. The number of carbonyl (C=O) groups is 1. The van der Waals surface area contributed by atoms with Gasteiger partial charge in [0.1, 0.15) is 17.3 Å². The van der Waals surface area contributed by atoms with Gasteiger partial charge in [-0.15, -0.1) is 10.2 Å². The van der Waals surface area contributed by atoms with E-state index in [9.17, 15) is 9.18 Å². The number of hydrogen-bond acceptors (Lipinski definition) is 4. The molecule has 6 heteroatoms. The van der Waals surface area contributed by atoms with Crippen LogP contribution in [0.1, 0.15) is 47.8 Å². The van der Waals surface area contributed by atoms with Crippen LogP contribution in [0.3, 0.4) is 0 Å². The monoisotopic (exact) mass is 307 g/mol. The van der Waals surface area contributed by atoms with Crippen molar-refractivity contribution in [3.05, 3.63) is 51.9 Å². The number of ketones is 1. The van der Waals surface area contributed by atoms with Gasteiger partial charge in [-0.25, -0.2) is 4.39 Å². The number of benzene rings is 1. The molecule has 0 aliphatic heterocycles. The van der Waals surface area contributed by atoms with Gasteiger partial charge in [-0.05, 0) is 36.1 Å². The number of rotatable bonds is 4. The summed E-state index contributed by atoms with van der Waals surface area (Å²) in [4.78, 5) is 12.4. The summed E-state index contributed by atoms with van der Waals surface area (Å²) >= 11 is 5.99. The third-order valence-corrected chi connectivity index (χ3v) is 3.72. The van der Waals surface area contributed by atoms with Crippen molar-refractivity contribution in [2.75, 3.05) is 5.73 Å². The molecule has 1 atom stereocenters. The van der Waals surface area contributed by atoms with Gasteiger partial charge in [0.15, 0.2) is 0 Å². The minimum atomic E-state index is -0.602. The van der Waals surface area contributed by atoms with Crippen molar-refractivity contribution in [3.8, 4) is 0 Å². The minimum absolute atomic E-state index is 0.00583. The Kier molecular flexibility index (Phi) is 4.53. The standard InChI is InChI=1S/C15H15ClFN3O/c1-3-8(2)9-4-5-10(16)13(14(9)17)15(21)11-6-7-12(18)20-19-11/h4-8H,3H2,1-2H3,(H2,18,20)/t8-/m1/s1. The molecule has 1 aromatic carbocycles. The SMILES string of the molecule is CC[C@@H](C)c1ccc(Cl)c(C(=O)c2ccc(N)nn2)c1F. The summed E-state index contributed by atoms with van der Waals surface area (Å²) in [6.07, 6.45) is 0.758. The van der Waals surface area contributed by atoms with Crippen LogP contribution in [-0.2, 0) is 0 Å². The smallest absolute Gasteiger partial charge is 0.217 e. The molecule has 2 N–H and O–H groups in total. The Labute approximate surface area is 127 Å². The average Bonchev–Trinajstić information content (AvgIpc) is 2.47. The van der Waals surface area contributed by atoms with E-state index in [1.165, 1.54) is 18.2 Å². The molecule has 2 aromatic rings. The highest BCUT2D eigenvalue weighted by molar-refractivity contribution is 6.34. The fourth-order valence-electron chi connectivity index (χ4n) is 1.97. The average molecular weight is 308 g/mol. The lowest BCUT2D eigenvalue weighted by Crippen LogP contribution is -2.11. The largest absolute Gasteiger partial charge is 0.382 e. The van der Waals surface area contributed by atoms with Crippen molar-refractivity contribution in [3.63, 3.8) is 0 Å². The zero-order chi connectivity index (χ0) is 15.6. The third-order valence-electron chi connectivity index (χ3n) is 3.41. The van der Waals surface area contributed by atoms with Crippen LogP contribution in [-0.4, -0.2) is 16.0 Å². The van der Waals surface area contributed by atoms with Gasteiger partial charge in [-0.2, -0.15) is 0 Å². The van der Waals surface area contributed by atoms with Crippen molar-refractivity contribution < 1.29 is 9.18 Å². The van der Waals surface area contributed by atoms with Crippen molar-refractivity contribution >= 4 is 23.2 Å². The van der Waals surface area contributed by atoms with Crippen molar-refractivity contribution in [1.82, 2.24) is 10.2 Å². The first-order chi connectivity index (χ1) is 9.95. The summed E-state index contributed by atoms with van der Waals surface area (Å²) in [6.45, 7) is 3.84. The van der Waals surface area contributed by atoms with Gasteiger partial charge in [0.2, 0.25) is 5.78 Å². The Morgan fingerprint density at radius 3 is 2.62 bits per heavy atom. The molecule has 0 radical (unpaired) electrons. The molecule has 21 heavy (non-hydrogen) atoms. The van der Waals surface area contributed by atoms with E-state index in [0.717, 1.165) is 6.42 Å². The molecule has 0 aliphatic carbocycles. The number of anilines is 1. The van der Waals surface area contributed by atoms with E-state index in [4.69, 9.17) is 17.3 Å². The second-order valence-corrected chi connectivity index (χ2v) is 5.21. The molecule has 0 unspecified atom stereocenters. The molecule has 110 valence electrons. The highest BCUT2D eigenvalue weighted by Gasteiger charge is 2.23. The van der Waals surface area contributed by atoms with Crippen LogP contribution in [0.2, 0.25) is 5.02 Å². The summed E-state index contributed by atoms with van der Waals surface area (Å²) in [6, 6.07) is 5.97. The number of nitrogens with zero attached hydrogens (tertiary/aromatic N) is 2. The summed E-state index contributed by atoms with van der Waals surface area (Å²) in [5, 5.41) is 7.34. The zero-order valence-corrected chi connectivity index (χ0v) is 12.5. The molecule has 0 amide bonds. The third kappa shape index (κ3) is 3.03. The lowest BCUT2D eigenvalue weighted by molar-refractivity contribution is 0.102. The normalized spacial score (nSPS) is 12.2. The van der Waals surface area contributed by atoms with E-state index in [-0.39, 0.29) is 28.0 Å². The fraction of sp³-hybridized carbons (Fsp3) is 0.267. The van der Waals surface area contributed by atoms with Crippen LogP contribution in [0.4, 0.5) is 10.2 Å². The maximum absolute atomic E-state index is 14.6. The second kappa shape index (κ2) is 6.18. The number of halogens is 2. The second-order valence-electron chi connectivity index (χ2n) is 4.81. The van der Waals surface area contributed by atoms with Crippen molar-refractivity contribution in [2.24, 2.45) is 0 Å².